The van der Waals surface area contributed by atoms with E-state index in [2.05, 4.69) is 10.6 Å². The van der Waals surface area contributed by atoms with Crippen molar-refractivity contribution in [3.05, 3.63) is 71.3 Å². The summed E-state index contributed by atoms with van der Waals surface area (Å²) in [6.07, 6.45) is 3.03. The van der Waals surface area contributed by atoms with Gasteiger partial charge in [0, 0.05) is 18.3 Å². The Balaban J connectivity index is 2.01. The molecule has 5 nitrogen and oxygen atoms in total. The van der Waals surface area contributed by atoms with Crippen molar-refractivity contribution in [3.63, 3.8) is 0 Å². The number of anilines is 1. The highest BCUT2D eigenvalue weighted by Crippen LogP contribution is 2.15. The van der Waals surface area contributed by atoms with Gasteiger partial charge in [0.25, 0.3) is 0 Å². The number of carbonyl (C=O) groups is 2. The van der Waals surface area contributed by atoms with Crippen LogP contribution in [0.3, 0.4) is 0 Å². The SMILES string of the molecule is Cc1cccc(/C=C/C(=O)Nc2ccccc2CNC(=O)CC#N)c1. The van der Waals surface area contributed by atoms with Gasteiger partial charge in [-0.15, -0.1) is 0 Å². The van der Waals surface area contributed by atoms with Crippen LogP contribution in [0.4, 0.5) is 5.69 Å². The smallest absolute Gasteiger partial charge is 0.248 e. The van der Waals surface area contributed by atoms with Crippen LogP contribution in [0.15, 0.2) is 54.6 Å². The minimum absolute atomic E-state index is 0.187. The lowest BCUT2D eigenvalue weighted by molar-refractivity contribution is -0.120. The lowest BCUT2D eigenvalue weighted by Gasteiger charge is -2.10. The van der Waals surface area contributed by atoms with Crippen molar-refractivity contribution in [3.8, 4) is 6.07 Å². The number of nitrogens with zero attached hydrogens (tertiary/aromatic N) is 1. The summed E-state index contributed by atoms with van der Waals surface area (Å²) in [5, 5.41) is 14.0. The molecule has 126 valence electrons. The van der Waals surface area contributed by atoms with Crippen molar-refractivity contribution in [2.75, 3.05) is 5.32 Å². The molecule has 0 aliphatic carbocycles. The number of benzene rings is 2. The zero-order chi connectivity index (χ0) is 18.1. The van der Waals surface area contributed by atoms with E-state index in [9.17, 15) is 9.59 Å². The minimum Gasteiger partial charge on any atom is -0.351 e. The molecule has 0 saturated heterocycles. The molecule has 0 atom stereocenters. The maximum Gasteiger partial charge on any atom is 0.248 e. The topological polar surface area (TPSA) is 82.0 Å². The second kappa shape index (κ2) is 9.04. The Labute approximate surface area is 147 Å². The summed E-state index contributed by atoms with van der Waals surface area (Å²) in [6, 6.07) is 16.9. The van der Waals surface area contributed by atoms with Crippen molar-refractivity contribution in [1.82, 2.24) is 5.32 Å². The number of carbonyl (C=O) groups excluding carboxylic acids is 2. The summed E-state index contributed by atoms with van der Waals surface area (Å²) in [6.45, 7) is 2.24. The lowest BCUT2D eigenvalue weighted by atomic mass is 10.1. The largest absolute Gasteiger partial charge is 0.351 e. The molecule has 5 heteroatoms. The predicted molar refractivity (Wildman–Crippen MR) is 97.4 cm³/mol. The van der Waals surface area contributed by atoms with Crippen LogP contribution < -0.4 is 10.6 Å². The Hall–Kier alpha value is -3.39. The fourth-order valence-corrected chi connectivity index (χ4v) is 2.24. The van der Waals surface area contributed by atoms with Gasteiger partial charge in [0.15, 0.2) is 0 Å². The van der Waals surface area contributed by atoms with Crippen LogP contribution in [0.2, 0.25) is 0 Å². The first-order valence-corrected chi connectivity index (χ1v) is 7.86. The van der Waals surface area contributed by atoms with E-state index >= 15 is 0 Å². The van der Waals surface area contributed by atoms with Gasteiger partial charge in [0.2, 0.25) is 11.8 Å². The lowest BCUT2D eigenvalue weighted by Crippen LogP contribution is -2.22. The van der Waals surface area contributed by atoms with Crippen LogP contribution in [0.1, 0.15) is 23.1 Å². The Bertz CT molecular complexity index is 835. The molecular formula is C20H19N3O2. The summed E-state index contributed by atoms with van der Waals surface area (Å²) < 4.78 is 0. The molecule has 2 amide bonds. The molecule has 2 rings (SSSR count). The molecule has 0 aliphatic rings. The van der Waals surface area contributed by atoms with Crippen molar-refractivity contribution in [2.24, 2.45) is 0 Å². The molecule has 2 aromatic carbocycles. The number of para-hydroxylation sites is 1. The van der Waals surface area contributed by atoms with Gasteiger partial charge in [-0.25, -0.2) is 0 Å². The normalized spacial score (nSPS) is 10.2. The van der Waals surface area contributed by atoms with E-state index in [0.717, 1.165) is 16.7 Å². The highest BCUT2D eigenvalue weighted by Gasteiger charge is 2.06. The summed E-state index contributed by atoms with van der Waals surface area (Å²) in [5.74, 6) is -0.597. The van der Waals surface area contributed by atoms with Crippen molar-refractivity contribution in [2.45, 2.75) is 19.9 Å². The molecule has 0 heterocycles. The maximum atomic E-state index is 12.1. The van der Waals surface area contributed by atoms with Crippen LogP contribution in [0, 0.1) is 18.3 Å². The molecule has 0 unspecified atom stereocenters. The van der Waals surface area contributed by atoms with E-state index < -0.39 is 0 Å². The van der Waals surface area contributed by atoms with Crippen LogP contribution in [-0.4, -0.2) is 11.8 Å². The molecule has 0 bridgehead atoms. The first kappa shape index (κ1) is 18.0. The molecule has 0 aromatic heterocycles. The fraction of sp³-hybridized carbons (Fsp3) is 0.150. The average Bonchev–Trinajstić information content (AvgIpc) is 2.60. The second-order valence-corrected chi connectivity index (χ2v) is 5.51. The Morgan fingerprint density at radius 2 is 1.96 bits per heavy atom. The van der Waals surface area contributed by atoms with Crippen LogP contribution in [0.5, 0.6) is 0 Å². The average molecular weight is 333 g/mol. The van der Waals surface area contributed by atoms with E-state index in [4.69, 9.17) is 5.26 Å². The molecule has 25 heavy (non-hydrogen) atoms. The summed E-state index contributed by atoms with van der Waals surface area (Å²) in [7, 11) is 0. The summed E-state index contributed by atoms with van der Waals surface area (Å²) >= 11 is 0. The Morgan fingerprint density at radius 1 is 1.16 bits per heavy atom. The minimum atomic E-state index is -0.344. The molecule has 0 aliphatic heterocycles. The summed E-state index contributed by atoms with van der Waals surface area (Å²) in [4.78, 5) is 23.5. The molecule has 0 radical (unpaired) electrons. The van der Waals surface area contributed by atoms with E-state index in [1.807, 2.05) is 43.3 Å². The third-order valence-electron chi connectivity index (χ3n) is 3.46. The zero-order valence-electron chi connectivity index (χ0n) is 14.0. The van der Waals surface area contributed by atoms with Gasteiger partial charge < -0.3 is 10.6 Å². The highest BCUT2D eigenvalue weighted by molar-refractivity contribution is 6.02. The monoisotopic (exact) mass is 333 g/mol. The molecule has 0 fully saturated rings. The molecular weight excluding hydrogens is 314 g/mol. The zero-order valence-corrected chi connectivity index (χ0v) is 14.0. The maximum absolute atomic E-state index is 12.1. The van der Waals surface area contributed by atoms with E-state index in [1.165, 1.54) is 6.08 Å². The third kappa shape index (κ3) is 5.96. The fourth-order valence-electron chi connectivity index (χ4n) is 2.24. The van der Waals surface area contributed by atoms with E-state index in [1.54, 1.807) is 24.3 Å². The van der Waals surface area contributed by atoms with Gasteiger partial charge in [-0.2, -0.15) is 5.26 Å². The van der Waals surface area contributed by atoms with Crippen molar-refractivity contribution in [1.29, 1.82) is 5.26 Å². The van der Waals surface area contributed by atoms with Gasteiger partial charge in [0.05, 0.1) is 6.07 Å². The highest BCUT2D eigenvalue weighted by atomic mass is 16.2. The molecule has 0 spiro atoms. The van der Waals surface area contributed by atoms with Gasteiger partial charge >= 0.3 is 0 Å². The van der Waals surface area contributed by atoms with Gasteiger partial charge in [-0.3, -0.25) is 9.59 Å². The Morgan fingerprint density at radius 3 is 2.72 bits per heavy atom. The number of hydrogen-bond acceptors (Lipinski definition) is 3. The first-order valence-electron chi connectivity index (χ1n) is 7.86. The van der Waals surface area contributed by atoms with Crippen LogP contribution in [-0.2, 0) is 16.1 Å². The number of amides is 2. The predicted octanol–water partition coefficient (Wildman–Crippen LogP) is 3.18. The van der Waals surface area contributed by atoms with Gasteiger partial charge in [0.1, 0.15) is 6.42 Å². The van der Waals surface area contributed by atoms with E-state index in [-0.39, 0.29) is 24.8 Å². The first-order chi connectivity index (χ1) is 12.1. The number of aryl methyl sites for hydroxylation is 1. The van der Waals surface area contributed by atoms with Crippen molar-refractivity contribution < 1.29 is 9.59 Å². The molecule has 2 N–H and O–H groups in total. The number of nitriles is 1. The van der Waals surface area contributed by atoms with E-state index in [0.29, 0.717) is 5.69 Å². The third-order valence-corrected chi connectivity index (χ3v) is 3.46. The standard InChI is InChI=1S/C20H19N3O2/c1-15-5-4-6-16(13-15)9-10-20(25)23-18-8-3-2-7-17(18)14-22-19(24)11-12-21/h2-10,13H,11,14H2,1H3,(H,22,24)(H,23,25)/b10-9+. The number of rotatable bonds is 6. The van der Waals surface area contributed by atoms with Crippen molar-refractivity contribution >= 4 is 23.6 Å². The Kier molecular flexibility index (Phi) is 6.49. The quantitative estimate of drug-likeness (QED) is 0.797. The number of hydrogen-bond donors (Lipinski definition) is 2. The second-order valence-electron chi connectivity index (χ2n) is 5.51. The molecule has 2 aromatic rings. The van der Waals surface area contributed by atoms with Gasteiger partial charge in [-0.05, 0) is 30.2 Å². The van der Waals surface area contributed by atoms with Crippen LogP contribution >= 0.6 is 0 Å². The summed E-state index contributed by atoms with van der Waals surface area (Å²) in [5.41, 5.74) is 3.47. The van der Waals surface area contributed by atoms with Gasteiger partial charge in [-0.1, -0.05) is 48.0 Å². The van der Waals surface area contributed by atoms with Crippen LogP contribution in [0.25, 0.3) is 6.08 Å². The molecule has 0 saturated carbocycles. The number of nitrogens with one attached hydrogen (secondary N) is 2.